The van der Waals surface area contributed by atoms with Crippen molar-refractivity contribution in [2.75, 3.05) is 13.2 Å². The van der Waals surface area contributed by atoms with Gasteiger partial charge in [-0.15, -0.1) is 0 Å². The molecule has 0 aliphatic heterocycles. The summed E-state index contributed by atoms with van der Waals surface area (Å²) < 4.78 is 30.4. The Bertz CT molecular complexity index is 177. The molecule has 0 amide bonds. The van der Waals surface area contributed by atoms with Crippen molar-refractivity contribution in [2.45, 2.75) is 11.7 Å². The Morgan fingerprint density at radius 3 is 1.91 bits per heavy atom. The van der Waals surface area contributed by atoms with E-state index in [2.05, 4.69) is 0 Å². The fourth-order valence-corrected chi connectivity index (χ4v) is 1.05. The molecule has 0 rings (SSSR count). The number of rotatable bonds is 4. The molecule has 0 spiro atoms. The fourth-order valence-electron chi connectivity index (χ4n) is 0.471. The molecular formula is C4H9KO5S. The Morgan fingerprint density at radius 1 is 1.36 bits per heavy atom. The van der Waals surface area contributed by atoms with E-state index in [1.807, 2.05) is 0 Å². The minimum absolute atomic E-state index is 0. The van der Waals surface area contributed by atoms with E-state index in [0.717, 1.165) is 0 Å². The van der Waals surface area contributed by atoms with Crippen molar-refractivity contribution in [3.05, 3.63) is 0 Å². The molecule has 7 heteroatoms. The van der Waals surface area contributed by atoms with Crippen LogP contribution in [0.2, 0.25) is 0 Å². The molecule has 1 atom stereocenters. The third-order valence-corrected chi connectivity index (χ3v) is 2.26. The van der Waals surface area contributed by atoms with Gasteiger partial charge in [-0.1, -0.05) is 0 Å². The van der Waals surface area contributed by atoms with Crippen molar-refractivity contribution < 1.29 is 74.6 Å². The maximum Gasteiger partial charge on any atom is 1.00 e. The molecule has 0 aromatic rings. The molecule has 0 fully saturated rings. The minimum Gasteiger partial charge on any atom is -0.748 e. The zero-order chi connectivity index (χ0) is 8.20. The molecule has 0 saturated heterocycles. The van der Waals surface area contributed by atoms with Crippen LogP contribution in [-0.4, -0.2) is 41.6 Å². The van der Waals surface area contributed by atoms with Crippen molar-refractivity contribution in [3.63, 3.8) is 0 Å². The summed E-state index contributed by atoms with van der Waals surface area (Å²) in [5.74, 6) is 0. The third kappa shape index (κ3) is 6.61. The van der Waals surface area contributed by atoms with Crippen molar-refractivity contribution >= 4 is 10.1 Å². The number of aliphatic hydroxyl groups is 2. The molecule has 0 aromatic carbocycles. The first-order valence-electron chi connectivity index (χ1n) is 2.68. The molecule has 0 aliphatic rings. The van der Waals surface area contributed by atoms with E-state index in [4.69, 9.17) is 10.2 Å². The molecule has 2 N–H and O–H groups in total. The van der Waals surface area contributed by atoms with Gasteiger partial charge in [0.05, 0.1) is 22.0 Å². The normalized spacial score (nSPS) is 13.7. The molecule has 0 bridgehead atoms. The van der Waals surface area contributed by atoms with Gasteiger partial charge >= 0.3 is 51.4 Å². The summed E-state index contributed by atoms with van der Waals surface area (Å²) in [6, 6.07) is 0. The second kappa shape index (κ2) is 6.93. The average molecular weight is 208 g/mol. The van der Waals surface area contributed by atoms with Crippen molar-refractivity contribution in [1.82, 2.24) is 0 Å². The molecule has 0 aromatic heterocycles. The first-order valence-corrected chi connectivity index (χ1v) is 4.16. The summed E-state index contributed by atoms with van der Waals surface area (Å²) in [6.45, 7) is -1.14. The van der Waals surface area contributed by atoms with Gasteiger partial charge in [-0.3, -0.25) is 0 Å². The molecule has 11 heavy (non-hydrogen) atoms. The van der Waals surface area contributed by atoms with Crippen LogP contribution in [0.4, 0.5) is 0 Å². The van der Waals surface area contributed by atoms with Crippen LogP contribution in [-0.2, 0) is 10.1 Å². The zero-order valence-electron chi connectivity index (χ0n) is 6.23. The Balaban J connectivity index is 0. The molecule has 1 unspecified atom stereocenters. The monoisotopic (exact) mass is 208 g/mol. The molecular weight excluding hydrogens is 199 g/mol. The van der Waals surface area contributed by atoms with Crippen LogP contribution in [0, 0.1) is 0 Å². The van der Waals surface area contributed by atoms with Crippen LogP contribution < -0.4 is 51.4 Å². The summed E-state index contributed by atoms with van der Waals surface area (Å²) in [6.07, 6.45) is -0.206. The number of aliphatic hydroxyl groups excluding tert-OH is 2. The smallest absolute Gasteiger partial charge is 0.748 e. The van der Waals surface area contributed by atoms with Crippen LogP contribution in [0.5, 0.6) is 0 Å². The molecule has 0 aliphatic carbocycles. The van der Waals surface area contributed by atoms with Crippen molar-refractivity contribution in [3.8, 4) is 0 Å². The van der Waals surface area contributed by atoms with Crippen molar-refractivity contribution in [2.24, 2.45) is 0 Å². The van der Waals surface area contributed by atoms with Gasteiger partial charge < -0.3 is 14.8 Å². The van der Waals surface area contributed by atoms with Gasteiger partial charge in [0.2, 0.25) is 0 Å². The fraction of sp³-hybridized carbons (Fsp3) is 1.00. The van der Waals surface area contributed by atoms with E-state index in [9.17, 15) is 13.0 Å². The predicted octanol–water partition coefficient (Wildman–Crippen LogP) is -4.72. The first-order chi connectivity index (χ1) is 4.52. The van der Waals surface area contributed by atoms with Gasteiger partial charge in [0, 0.05) is 6.61 Å². The summed E-state index contributed by atoms with van der Waals surface area (Å²) in [5.41, 5.74) is 0. The Hall–Kier alpha value is 1.47. The van der Waals surface area contributed by atoms with Gasteiger partial charge in [-0.2, -0.15) is 0 Å². The Labute approximate surface area is 108 Å². The summed E-state index contributed by atoms with van der Waals surface area (Å²) >= 11 is 0. The summed E-state index contributed by atoms with van der Waals surface area (Å²) in [4.78, 5) is 0. The first kappa shape index (κ1) is 15.0. The topological polar surface area (TPSA) is 97.7 Å². The van der Waals surface area contributed by atoms with E-state index < -0.39 is 28.6 Å². The van der Waals surface area contributed by atoms with Gasteiger partial charge in [-0.05, 0) is 6.42 Å². The van der Waals surface area contributed by atoms with Gasteiger partial charge in [0.1, 0.15) is 0 Å². The molecule has 0 saturated carbocycles. The van der Waals surface area contributed by atoms with Gasteiger partial charge in [0.25, 0.3) is 0 Å². The standard InChI is InChI=1S/C4H10O5S.K/c5-2-1-4(3-6)10(7,8)9;/h4-6H,1-3H2,(H,7,8,9);/q;+1/p-1. The maximum atomic E-state index is 10.1. The van der Waals surface area contributed by atoms with Gasteiger partial charge in [-0.25, -0.2) is 8.42 Å². The van der Waals surface area contributed by atoms with Crippen molar-refractivity contribution in [1.29, 1.82) is 0 Å². The SMILES string of the molecule is O=S(=O)([O-])C(CO)CCO.[K+]. The van der Waals surface area contributed by atoms with E-state index >= 15 is 0 Å². The molecule has 0 heterocycles. The van der Waals surface area contributed by atoms with Gasteiger partial charge in [0.15, 0.2) is 0 Å². The van der Waals surface area contributed by atoms with E-state index in [-0.39, 0.29) is 57.8 Å². The number of hydrogen-bond donors (Lipinski definition) is 2. The number of hydrogen-bond acceptors (Lipinski definition) is 5. The third-order valence-electron chi connectivity index (χ3n) is 1.06. The van der Waals surface area contributed by atoms with E-state index in [0.29, 0.717) is 0 Å². The molecule has 5 nitrogen and oxygen atoms in total. The zero-order valence-corrected chi connectivity index (χ0v) is 10.2. The second-order valence-electron chi connectivity index (χ2n) is 1.81. The molecule has 62 valence electrons. The Morgan fingerprint density at radius 2 is 1.82 bits per heavy atom. The minimum atomic E-state index is -4.44. The van der Waals surface area contributed by atoms with E-state index in [1.165, 1.54) is 0 Å². The summed E-state index contributed by atoms with van der Waals surface area (Å²) in [7, 11) is -4.44. The van der Waals surface area contributed by atoms with E-state index in [1.54, 1.807) is 0 Å². The Kier molecular flexibility index (Phi) is 9.42. The largest absolute Gasteiger partial charge is 1.00 e. The maximum absolute atomic E-state index is 10.1. The average Bonchev–Trinajstić information content (AvgIpc) is 1.80. The van der Waals surface area contributed by atoms with Crippen LogP contribution in [0.15, 0.2) is 0 Å². The van der Waals surface area contributed by atoms with Crippen LogP contribution in [0.3, 0.4) is 0 Å². The summed E-state index contributed by atoms with van der Waals surface area (Å²) in [5, 5.41) is 15.2. The van der Waals surface area contributed by atoms with Crippen LogP contribution in [0.25, 0.3) is 0 Å². The molecule has 0 radical (unpaired) electrons. The predicted molar refractivity (Wildman–Crippen MR) is 32.3 cm³/mol. The quantitative estimate of drug-likeness (QED) is 0.357. The second-order valence-corrected chi connectivity index (χ2v) is 3.46. The van der Waals surface area contributed by atoms with Crippen LogP contribution >= 0.6 is 0 Å². The van der Waals surface area contributed by atoms with Crippen LogP contribution in [0.1, 0.15) is 6.42 Å².